The first-order valence-corrected chi connectivity index (χ1v) is 8.16. The maximum absolute atomic E-state index is 12.8. The number of carbonyl (C=O) groups excluding carboxylic acids is 1. The summed E-state index contributed by atoms with van der Waals surface area (Å²) in [7, 11) is 0. The van der Waals surface area contributed by atoms with Crippen LogP contribution in [0.25, 0.3) is 0 Å². The van der Waals surface area contributed by atoms with Gasteiger partial charge >= 0.3 is 18.1 Å². The number of nitrogens with one attached hydrogen (secondary N) is 2. The fourth-order valence-electron chi connectivity index (χ4n) is 2.69. The van der Waals surface area contributed by atoms with Gasteiger partial charge in [-0.05, 0) is 23.8 Å². The number of carbonyl (C=O) groups is 2. The van der Waals surface area contributed by atoms with Crippen molar-refractivity contribution in [3.63, 3.8) is 0 Å². The van der Waals surface area contributed by atoms with Gasteiger partial charge in [-0.2, -0.15) is 13.2 Å². The lowest BCUT2D eigenvalue weighted by Crippen LogP contribution is -2.45. The standard InChI is InChI=1S/C19H15F3N2O4/c20-19(21,22)12-7-4-8-13(9-12)28-18(27)14-10-23-16(24-15(14)17(25)26)11-5-2-1-3-6-11/h1-9,16,23-24H,10H2,(H,25,26). The molecule has 0 fully saturated rings. The molecule has 3 N–H and O–H groups in total. The molecule has 1 aliphatic heterocycles. The molecule has 146 valence electrons. The van der Waals surface area contributed by atoms with E-state index in [2.05, 4.69) is 10.6 Å². The Labute approximate surface area is 157 Å². The highest BCUT2D eigenvalue weighted by Gasteiger charge is 2.32. The van der Waals surface area contributed by atoms with E-state index in [0.29, 0.717) is 6.07 Å². The fraction of sp³-hybridized carbons (Fsp3) is 0.158. The maximum Gasteiger partial charge on any atom is 0.416 e. The Morgan fingerprint density at radius 1 is 1.07 bits per heavy atom. The molecule has 0 bridgehead atoms. The SMILES string of the molecule is O=C(O)C1=C(C(=O)Oc2cccc(C(F)(F)F)c2)CNC(c2ccccc2)N1. The van der Waals surface area contributed by atoms with Crippen molar-refractivity contribution in [3.8, 4) is 5.75 Å². The molecular formula is C19H15F3N2O4. The number of ether oxygens (including phenoxy) is 1. The molecule has 3 rings (SSSR count). The van der Waals surface area contributed by atoms with Crippen LogP contribution in [0.15, 0.2) is 65.9 Å². The summed E-state index contributed by atoms with van der Waals surface area (Å²) in [5.74, 6) is -2.76. The highest BCUT2D eigenvalue weighted by Crippen LogP contribution is 2.31. The second kappa shape index (κ2) is 7.73. The Morgan fingerprint density at radius 2 is 1.79 bits per heavy atom. The number of hydrogen-bond donors (Lipinski definition) is 3. The third-order valence-electron chi connectivity index (χ3n) is 4.04. The van der Waals surface area contributed by atoms with Crippen molar-refractivity contribution >= 4 is 11.9 Å². The predicted molar refractivity (Wildman–Crippen MR) is 92.1 cm³/mol. The van der Waals surface area contributed by atoms with Crippen molar-refractivity contribution in [1.82, 2.24) is 10.6 Å². The van der Waals surface area contributed by atoms with E-state index in [1.165, 1.54) is 6.07 Å². The van der Waals surface area contributed by atoms with Crippen molar-refractivity contribution in [2.45, 2.75) is 12.3 Å². The molecule has 0 amide bonds. The van der Waals surface area contributed by atoms with Gasteiger partial charge in [0.15, 0.2) is 0 Å². The zero-order chi connectivity index (χ0) is 20.3. The van der Waals surface area contributed by atoms with Crippen molar-refractivity contribution in [2.24, 2.45) is 0 Å². The molecule has 0 aromatic heterocycles. The Kier molecular flexibility index (Phi) is 5.36. The molecule has 9 heteroatoms. The molecule has 2 aromatic rings. The number of aliphatic carboxylic acids is 1. The van der Waals surface area contributed by atoms with Gasteiger partial charge in [0.2, 0.25) is 0 Å². The topological polar surface area (TPSA) is 87.7 Å². The van der Waals surface area contributed by atoms with Crippen LogP contribution >= 0.6 is 0 Å². The Hall–Kier alpha value is -3.33. The van der Waals surface area contributed by atoms with Gasteiger partial charge in [-0.3, -0.25) is 5.32 Å². The number of carboxylic acids is 1. The molecule has 1 unspecified atom stereocenters. The average Bonchev–Trinajstić information content (AvgIpc) is 2.67. The third kappa shape index (κ3) is 4.32. The first-order valence-electron chi connectivity index (χ1n) is 8.16. The first kappa shape index (κ1) is 19.4. The summed E-state index contributed by atoms with van der Waals surface area (Å²) in [6, 6.07) is 12.7. The van der Waals surface area contributed by atoms with Crippen LogP contribution in [0.3, 0.4) is 0 Å². The summed E-state index contributed by atoms with van der Waals surface area (Å²) in [4.78, 5) is 24.0. The van der Waals surface area contributed by atoms with E-state index in [0.717, 1.165) is 17.7 Å². The summed E-state index contributed by atoms with van der Waals surface area (Å²) in [6.45, 7) is -0.133. The van der Waals surface area contributed by atoms with Crippen LogP contribution < -0.4 is 15.4 Å². The maximum atomic E-state index is 12.8. The molecule has 0 radical (unpaired) electrons. The van der Waals surface area contributed by atoms with Gasteiger partial charge in [-0.1, -0.05) is 36.4 Å². The molecule has 1 atom stereocenters. The highest BCUT2D eigenvalue weighted by molar-refractivity contribution is 6.00. The summed E-state index contributed by atoms with van der Waals surface area (Å²) in [5.41, 5.74) is -0.817. The number of esters is 1. The lowest BCUT2D eigenvalue weighted by atomic mass is 10.1. The summed E-state index contributed by atoms with van der Waals surface area (Å²) in [6.07, 6.45) is -5.14. The molecule has 1 heterocycles. The number of rotatable bonds is 4. The van der Waals surface area contributed by atoms with E-state index in [1.54, 1.807) is 30.3 Å². The van der Waals surface area contributed by atoms with Crippen LogP contribution in [0.1, 0.15) is 17.3 Å². The fourth-order valence-corrected chi connectivity index (χ4v) is 2.69. The molecule has 1 aliphatic rings. The van der Waals surface area contributed by atoms with E-state index < -0.39 is 29.8 Å². The van der Waals surface area contributed by atoms with E-state index >= 15 is 0 Å². The summed E-state index contributed by atoms with van der Waals surface area (Å²) in [5, 5.41) is 15.1. The van der Waals surface area contributed by atoms with E-state index in [9.17, 15) is 27.9 Å². The van der Waals surface area contributed by atoms with Crippen LogP contribution in [0, 0.1) is 0 Å². The molecule has 6 nitrogen and oxygen atoms in total. The van der Waals surface area contributed by atoms with E-state index in [1.807, 2.05) is 0 Å². The molecule has 0 saturated heterocycles. The number of benzene rings is 2. The average molecular weight is 392 g/mol. The highest BCUT2D eigenvalue weighted by atomic mass is 19.4. The van der Waals surface area contributed by atoms with Gasteiger partial charge in [0.25, 0.3) is 0 Å². The van der Waals surface area contributed by atoms with Crippen molar-refractivity contribution in [2.75, 3.05) is 6.54 Å². The number of alkyl halides is 3. The quantitative estimate of drug-likeness (QED) is 0.548. The predicted octanol–water partition coefficient (Wildman–Crippen LogP) is 2.84. The van der Waals surface area contributed by atoms with Crippen molar-refractivity contribution < 1.29 is 32.6 Å². The minimum absolute atomic E-state index is 0.133. The zero-order valence-corrected chi connectivity index (χ0v) is 14.3. The number of hydrogen-bond acceptors (Lipinski definition) is 5. The molecular weight excluding hydrogens is 377 g/mol. The molecule has 0 saturated carbocycles. The minimum Gasteiger partial charge on any atom is -0.477 e. The van der Waals surface area contributed by atoms with E-state index in [4.69, 9.17) is 4.74 Å². The second-order valence-corrected chi connectivity index (χ2v) is 5.94. The normalized spacial score (nSPS) is 17.0. The lowest BCUT2D eigenvalue weighted by Gasteiger charge is -2.28. The van der Waals surface area contributed by atoms with Crippen LogP contribution in [0.5, 0.6) is 5.75 Å². The van der Waals surface area contributed by atoms with Gasteiger partial charge < -0.3 is 15.2 Å². The smallest absolute Gasteiger partial charge is 0.416 e. The first-order chi connectivity index (χ1) is 13.3. The van der Waals surface area contributed by atoms with Gasteiger partial charge in [0.05, 0.1) is 11.1 Å². The van der Waals surface area contributed by atoms with Gasteiger partial charge in [0.1, 0.15) is 17.6 Å². The van der Waals surface area contributed by atoms with Gasteiger partial charge in [-0.25, -0.2) is 9.59 Å². The Bertz CT molecular complexity index is 926. The Morgan fingerprint density at radius 3 is 2.43 bits per heavy atom. The zero-order valence-electron chi connectivity index (χ0n) is 14.3. The Balaban J connectivity index is 1.83. The molecule has 2 aromatic carbocycles. The van der Waals surface area contributed by atoms with Crippen LogP contribution in [-0.2, 0) is 15.8 Å². The van der Waals surface area contributed by atoms with Crippen molar-refractivity contribution in [3.05, 3.63) is 77.0 Å². The number of halogens is 3. The van der Waals surface area contributed by atoms with Crippen LogP contribution in [-0.4, -0.2) is 23.6 Å². The second-order valence-electron chi connectivity index (χ2n) is 5.94. The molecule has 0 aliphatic carbocycles. The van der Waals surface area contributed by atoms with Crippen molar-refractivity contribution in [1.29, 1.82) is 0 Å². The monoisotopic (exact) mass is 392 g/mol. The van der Waals surface area contributed by atoms with Gasteiger partial charge in [0, 0.05) is 6.54 Å². The lowest BCUT2D eigenvalue weighted by molar-refractivity contribution is -0.138. The van der Waals surface area contributed by atoms with Gasteiger partial charge in [-0.15, -0.1) is 0 Å². The molecule has 0 spiro atoms. The summed E-state index contributed by atoms with van der Waals surface area (Å²) < 4.78 is 43.3. The van der Waals surface area contributed by atoms with Crippen LogP contribution in [0.4, 0.5) is 13.2 Å². The minimum atomic E-state index is -4.59. The number of carboxylic acid groups (broad SMARTS) is 1. The summed E-state index contributed by atoms with van der Waals surface area (Å²) >= 11 is 0. The van der Waals surface area contributed by atoms with Crippen LogP contribution in [0.2, 0.25) is 0 Å². The molecule has 28 heavy (non-hydrogen) atoms. The largest absolute Gasteiger partial charge is 0.477 e. The van der Waals surface area contributed by atoms with E-state index in [-0.39, 0.29) is 23.6 Å². The third-order valence-corrected chi connectivity index (χ3v) is 4.04.